The summed E-state index contributed by atoms with van der Waals surface area (Å²) in [6.07, 6.45) is 1.15. The lowest BCUT2D eigenvalue weighted by Crippen LogP contribution is -2.13. The molecule has 1 N–H and O–H groups in total. The number of pyridine rings is 1. The normalized spacial score (nSPS) is 11.3. The number of para-hydroxylation sites is 1. The Bertz CT molecular complexity index is 1720. The molecule has 3 aromatic carbocycles. The van der Waals surface area contributed by atoms with E-state index in [4.69, 9.17) is 0 Å². The number of carbonyl (C=O) groups excluding carboxylic acids is 1. The second-order valence-electron chi connectivity index (χ2n) is 7.63. The number of amides is 1. The summed E-state index contributed by atoms with van der Waals surface area (Å²) >= 11 is 0.794. The summed E-state index contributed by atoms with van der Waals surface area (Å²) in [6.45, 7) is 0. The molecular weight excluding hydrogens is 500 g/mol. The highest BCUT2D eigenvalue weighted by molar-refractivity contribution is 7.93. The van der Waals surface area contributed by atoms with Crippen molar-refractivity contribution >= 4 is 48.8 Å². The number of hydrogen-bond acceptors (Lipinski definition) is 8. The van der Waals surface area contributed by atoms with E-state index in [-0.39, 0.29) is 19.9 Å². The van der Waals surface area contributed by atoms with E-state index in [9.17, 15) is 23.3 Å². The topological polar surface area (TPSA) is 132 Å². The maximum absolute atomic E-state index is 13.3. The molecule has 5 aromatic rings. The van der Waals surface area contributed by atoms with Gasteiger partial charge in [0.25, 0.3) is 11.6 Å². The second-order valence-corrected chi connectivity index (χ2v) is 10.8. The van der Waals surface area contributed by atoms with E-state index < -0.39 is 20.7 Å². The Kier molecular flexibility index (Phi) is 6.00. The Morgan fingerprint density at radius 2 is 1.64 bits per heavy atom. The molecule has 0 bridgehead atoms. The van der Waals surface area contributed by atoms with Crippen LogP contribution in [0.15, 0.2) is 100 Å². The van der Waals surface area contributed by atoms with Crippen molar-refractivity contribution < 1.29 is 18.1 Å². The number of nitro groups is 1. The highest BCUT2D eigenvalue weighted by Crippen LogP contribution is 2.31. The Morgan fingerprint density at radius 1 is 0.944 bits per heavy atom. The van der Waals surface area contributed by atoms with Gasteiger partial charge in [-0.2, -0.15) is 0 Å². The number of benzene rings is 3. The zero-order valence-corrected chi connectivity index (χ0v) is 20.0. The van der Waals surface area contributed by atoms with Crippen molar-refractivity contribution in [3.05, 3.63) is 107 Å². The molecule has 9 nitrogen and oxygen atoms in total. The van der Waals surface area contributed by atoms with Crippen LogP contribution < -0.4 is 5.32 Å². The molecule has 0 saturated heterocycles. The minimum atomic E-state index is -3.97. The number of nitrogens with zero attached hydrogens (tertiary/aromatic N) is 3. The number of aromatic nitrogens is 2. The Balaban J connectivity index is 1.45. The molecular formula is C25H16N4O5S2. The first kappa shape index (κ1) is 23.3. The van der Waals surface area contributed by atoms with E-state index in [1.165, 1.54) is 12.1 Å². The van der Waals surface area contributed by atoms with Crippen LogP contribution in [0.2, 0.25) is 0 Å². The van der Waals surface area contributed by atoms with Gasteiger partial charge in [0.15, 0.2) is 5.13 Å². The molecule has 36 heavy (non-hydrogen) atoms. The molecule has 2 aromatic heterocycles. The van der Waals surface area contributed by atoms with Crippen molar-refractivity contribution in [1.82, 2.24) is 9.97 Å². The predicted octanol–water partition coefficient (Wildman–Crippen LogP) is 5.35. The van der Waals surface area contributed by atoms with Gasteiger partial charge < -0.3 is 0 Å². The molecule has 0 fully saturated rings. The average molecular weight is 517 g/mol. The third-order valence-corrected chi connectivity index (χ3v) is 8.50. The molecule has 0 aliphatic carbocycles. The van der Waals surface area contributed by atoms with Crippen molar-refractivity contribution in [2.75, 3.05) is 5.32 Å². The summed E-state index contributed by atoms with van der Waals surface area (Å²) < 4.78 is 25.8. The molecule has 0 saturated carbocycles. The number of thiazole rings is 1. The molecule has 11 heteroatoms. The van der Waals surface area contributed by atoms with Crippen LogP contribution in [0.1, 0.15) is 10.4 Å². The number of nitro benzene ring substituents is 1. The van der Waals surface area contributed by atoms with Crippen LogP contribution in [0.5, 0.6) is 0 Å². The lowest BCUT2D eigenvalue weighted by molar-refractivity contribution is -0.384. The van der Waals surface area contributed by atoms with Gasteiger partial charge >= 0.3 is 0 Å². The van der Waals surface area contributed by atoms with Gasteiger partial charge in [0.1, 0.15) is 4.21 Å². The van der Waals surface area contributed by atoms with Gasteiger partial charge in [0, 0.05) is 23.1 Å². The number of rotatable bonds is 6. The van der Waals surface area contributed by atoms with Crippen LogP contribution in [-0.2, 0) is 9.84 Å². The van der Waals surface area contributed by atoms with Crippen molar-refractivity contribution in [2.24, 2.45) is 0 Å². The standard InChI is InChI=1S/C25H16N4O5S2/c30-24(20-14-22(16-6-2-1-3-7-16)27-21-9-5-4-8-19(20)21)28-25-26-15-23(35-25)36(33,34)18-12-10-17(11-13-18)29(31)32/h1-15H,(H,26,28,30). The molecule has 0 aliphatic rings. The summed E-state index contributed by atoms with van der Waals surface area (Å²) in [4.78, 5) is 32.1. The zero-order chi connectivity index (χ0) is 25.3. The number of hydrogen-bond donors (Lipinski definition) is 1. The summed E-state index contributed by atoms with van der Waals surface area (Å²) in [5.74, 6) is -0.459. The van der Waals surface area contributed by atoms with E-state index in [0.29, 0.717) is 22.2 Å². The SMILES string of the molecule is O=C(Nc1ncc(S(=O)(=O)c2ccc([N+](=O)[O-])cc2)s1)c1cc(-c2ccccc2)nc2ccccc12. The Morgan fingerprint density at radius 3 is 2.36 bits per heavy atom. The molecule has 2 heterocycles. The van der Waals surface area contributed by atoms with Crippen LogP contribution in [-0.4, -0.2) is 29.2 Å². The largest absolute Gasteiger partial charge is 0.298 e. The van der Waals surface area contributed by atoms with Gasteiger partial charge in [-0.3, -0.25) is 20.2 Å². The van der Waals surface area contributed by atoms with Crippen molar-refractivity contribution in [2.45, 2.75) is 9.10 Å². The van der Waals surface area contributed by atoms with E-state index in [0.717, 1.165) is 35.2 Å². The zero-order valence-electron chi connectivity index (χ0n) is 18.4. The van der Waals surface area contributed by atoms with Crippen LogP contribution >= 0.6 is 11.3 Å². The molecule has 0 aliphatic heterocycles. The highest BCUT2D eigenvalue weighted by Gasteiger charge is 2.23. The van der Waals surface area contributed by atoms with E-state index in [1.807, 2.05) is 42.5 Å². The lowest BCUT2D eigenvalue weighted by Gasteiger charge is -2.09. The molecule has 178 valence electrons. The third-order valence-electron chi connectivity index (χ3n) is 5.36. The molecule has 1 amide bonds. The van der Waals surface area contributed by atoms with Gasteiger partial charge in [-0.25, -0.2) is 18.4 Å². The maximum Gasteiger partial charge on any atom is 0.269 e. The van der Waals surface area contributed by atoms with Crippen LogP contribution in [0.3, 0.4) is 0 Å². The fourth-order valence-electron chi connectivity index (χ4n) is 3.59. The minimum Gasteiger partial charge on any atom is -0.298 e. The van der Waals surface area contributed by atoms with E-state index in [2.05, 4.69) is 15.3 Å². The molecule has 0 spiro atoms. The van der Waals surface area contributed by atoms with Gasteiger partial charge in [-0.15, -0.1) is 0 Å². The maximum atomic E-state index is 13.3. The number of fused-ring (bicyclic) bond motifs is 1. The average Bonchev–Trinajstić information content (AvgIpc) is 3.38. The molecule has 5 rings (SSSR count). The summed E-state index contributed by atoms with van der Waals surface area (Å²) in [5.41, 5.74) is 2.27. The summed E-state index contributed by atoms with van der Waals surface area (Å²) in [6, 6.07) is 23.0. The van der Waals surface area contributed by atoms with E-state index >= 15 is 0 Å². The van der Waals surface area contributed by atoms with Crippen molar-refractivity contribution in [3.63, 3.8) is 0 Å². The highest BCUT2D eigenvalue weighted by atomic mass is 32.2. The monoisotopic (exact) mass is 516 g/mol. The van der Waals surface area contributed by atoms with Gasteiger partial charge in [0.2, 0.25) is 9.84 Å². The first-order valence-electron chi connectivity index (χ1n) is 10.5. The second kappa shape index (κ2) is 9.29. The predicted molar refractivity (Wildman–Crippen MR) is 136 cm³/mol. The quantitative estimate of drug-likeness (QED) is 0.238. The lowest BCUT2D eigenvalue weighted by atomic mass is 10.0. The fraction of sp³-hybridized carbons (Fsp3) is 0. The molecule has 0 atom stereocenters. The first-order chi connectivity index (χ1) is 17.3. The Hall–Kier alpha value is -4.48. The smallest absolute Gasteiger partial charge is 0.269 e. The Labute approximate surface area is 209 Å². The number of sulfone groups is 1. The van der Waals surface area contributed by atoms with Gasteiger partial charge in [0.05, 0.1) is 32.8 Å². The fourth-order valence-corrected chi connectivity index (χ4v) is 6.02. The third kappa shape index (κ3) is 4.44. The van der Waals surface area contributed by atoms with Crippen LogP contribution in [0.25, 0.3) is 22.2 Å². The molecule has 0 radical (unpaired) electrons. The van der Waals surface area contributed by atoms with Gasteiger partial charge in [-0.1, -0.05) is 59.9 Å². The van der Waals surface area contributed by atoms with Crippen molar-refractivity contribution in [3.8, 4) is 11.3 Å². The summed E-state index contributed by atoms with van der Waals surface area (Å²) in [7, 11) is -3.97. The van der Waals surface area contributed by atoms with Crippen LogP contribution in [0, 0.1) is 10.1 Å². The van der Waals surface area contributed by atoms with Crippen LogP contribution in [0.4, 0.5) is 10.8 Å². The molecule has 0 unspecified atom stereocenters. The number of carbonyl (C=O) groups is 1. The van der Waals surface area contributed by atoms with E-state index in [1.54, 1.807) is 18.2 Å². The summed E-state index contributed by atoms with van der Waals surface area (Å²) in [5, 5.41) is 14.3. The number of nitrogens with one attached hydrogen (secondary N) is 1. The first-order valence-corrected chi connectivity index (χ1v) is 12.8. The van der Waals surface area contributed by atoms with Gasteiger partial charge in [-0.05, 0) is 24.3 Å². The number of anilines is 1. The van der Waals surface area contributed by atoms with Crippen molar-refractivity contribution in [1.29, 1.82) is 0 Å². The number of non-ortho nitro benzene ring substituents is 1. The minimum absolute atomic E-state index is 0.0997.